The van der Waals surface area contributed by atoms with Gasteiger partial charge in [0.15, 0.2) is 0 Å². The lowest BCUT2D eigenvalue weighted by Crippen LogP contribution is -2.36. The maximum Gasteiger partial charge on any atom is 0.121 e. The summed E-state index contributed by atoms with van der Waals surface area (Å²) in [6.45, 7) is 4.49. The molecule has 1 aromatic carbocycles. The number of phenolic OH excluding ortho intramolecular Hbond substituents is 1. The highest BCUT2D eigenvalue weighted by atomic mass is 16.3. The number of phenols is 1. The molecule has 90 valence electrons. The van der Waals surface area contributed by atoms with Gasteiger partial charge in [0.1, 0.15) is 5.75 Å². The molecule has 0 saturated carbocycles. The average Bonchev–Trinajstić information content (AvgIpc) is 2.16. The second kappa shape index (κ2) is 4.85. The van der Waals surface area contributed by atoms with E-state index in [1.54, 1.807) is 25.1 Å². The molecule has 0 aliphatic carbocycles. The Morgan fingerprint density at radius 1 is 1.31 bits per heavy atom. The number of para-hydroxylation sites is 1. The largest absolute Gasteiger partial charge is 0.508 e. The molecule has 0 heterocycles. The van der Waals surface area contributed by atoms with Crippen molar-refractivity contribution in [3.05, 3.63) is 29.8 Å². The monoisotopic (exact) mass is 223 g/mol. The molecule has 3 heteroatoms. The second-order valence-electron chi connectivity index (χ2n) is 4.83. The van der Waals surface area contributed by atoms with Crippen LogP contribution in [-0.2, 0) is 5.60 Å². The van der Waals surface area contributed by atoms with Crippen LogP contribution >= 0.6 is 0 Å². The van der Waals surface area contributed by atoms with Crippen LogP contribution < -0.4 is 0 Å². The van der Waals surface area contributed by atoms with Crippen LogP contribution in [0.2, 0.25) is 0 Å². The van der Waals surface area contributed by atoms with E-state index in [0.29, 0.717) is 5.56 Å². The minimum absolute atomic E-state index is 0.0378. The van der Waals surface area contributed by atoms with Crippen molar-refractivity contribution in [1.29, 1.82) is 0 Å². The maximum absolute atomic E-state index is 10.5. The summed E-state index contributed by atoms with van der Waals surface area (Å²) in [6.07, 6.45) is 0. The van der Waals surface area contributed by atoms with Crippen molar-refractivity contribution in [2.75, 3.05) is 20.6 Å². The van der Waals surface area contributed by atoms with E-state index in [1.807, 2.05) is 32.0 Å². The molecule has 3 nitrogen and oxygen atoms in total. The molecule has 1 rings (SSSR count). The van der Waals surface area contributed by atoms with Gasteiger partial charge in [-0.05, 0) is 27.1 Å². The summed E-state index contributed by atoms with van der Waals surface area (Å²) in [5, 5.41) is 20.3. The normalized spacial score (nSPS) is 17.1. The van der Waals surface area contributed by atoms with Crippen molar-refractivity contribution in [1.82, 2.24) is 4.90 Å². The quantitative estimate of drug-likeness (QED) is 0.818. The SMILES string of the molecule is CC(CN(C)C)C(C)(O)c1ccccc1O. The van der Waals surface area contributed by atoms with Crippen LogP contribution in [0.3, 0.4) is 0 Å². The van der Waals surface area contributed by atoms with Gasteiger partial charge in [-0.15, -0.1) is 0 Å². The summed E-state index contributed by atoms with van der Waals surface area (Å²) in [5.41, 5.74) is -0.431. The first-order valence-electron chi connectivity index (χ1n) is 5.51. The van der Waals surface area contributed by atoms with Crippen molar-refractivity contribution in [2.45, 2.75) is 19.4 Å². The van der Waals surface area contributed by atoms with E-state index < -0.39 is 5.60 Å². The first kappa shape index (κ1) is 13.0. The lowest BCUT2D eigenvalue weighted by molar-refractivity contribution is -0.00956. The molecule has 0 radical (unpaired) electrons. The Morgan fingerprint density at radius 3 is 2.38 bits per heavy atom. The highest BCUT2D eigenvalue weighted by molar-refractivity contribution is 5.36. The van der Waals surface area contributed by atoms with Gasteiger partial charge in [-0.1, -0.05) is 25.1 Å². The summed E-state index contributed by atoms with van der Waals surface area (Å²) >= 11 is 0. The van der Waals surface area contributed by atoms with Crippen LogP contribution in [0.25, 0.3) is 0 Å². The van der Waals surface area contributed by atoms with Crippen LogP contribution in [-0.4, -0.2) is 35.8 Å². The molecule has 0 amide bonds. The molecule has 0 spiro atoms. The molecule has 0 bridgehead atoms. The molecule has 0 aliphatic rings. The lowest BCUT2D eigenvalue weighted by Gasteiger charge is -2.33. The summed E-state index contributed by atoms with van der Waals surface area (Å²) in [7, 11) is 3.94. The number of hydrogen-bond donors (Lipinski definition) is 2. The zero-order chi connectivity index (χ0) is 12.3. The van der Waals surface area contributed by atoms with Crippen LogP contribution in [0.1, 0.15) is 19.4 Å². The molecule has 2 unspecified atom stereocenters. The minimum Gasteiger partial charge on any atom is -0.508 e. The molecule has 1 aromatic rings. The Bertz CT molecular complexity index is 348. The third kappa shape index (κ3) is 2.74. The van der Waals surface area contributed by atoms with E-state index in [0.717, 1.165) is 6.54 Å². The van der Waals surface area contributed by atoms with Gasteiger partial charge in [-0.3, -0.25) is 0 Å². The zero-order valence-electron chi connectivity index (χ0n) is 10.4. The van der Waals surface area contributed by atoms with Gasteiger partial charge in [0, 0.05) is 18.0 Å². The average molecular weight is 223 g/mol. The number of hydrogen-bond acceptors (Lipinski definition) is 3. The van der Waals surface area contributed by atoms with Gasteiger partial charge in [0.25, 0.3) is 0 Å². The third-order valence-corrected chi connectivity index (χ3v) is 3.05. The number of aromatic hydroxyl groups is 1. The van der Waals surface area contributed by atoms with E-state index in [-0.39, 0.29) is 11.7 Å². The first-order valence-corrected chi connectivity index (χ1v) is 5.51. The number of rotatable bonds is 4. The molecular formula is C13H21NO2. The van der Waals surface area contributed by atoms with E-state index in [9.17, 15) is 10.2 Å². The fraction of sp³-hybridized carbons (Fsp3) is 0.538. The Kier molecular flexibility index (Phi) is 3.94. The van der Waals surface area contributed by atoms with Crippen LogP contribution in [0.4, 0.5) is 0 Å². The van der Waals surface area contributed by atoms with E-state index in [4.69, 9.17) is 0 Å². The van der Waals surface area contributed by atoms with Gasteiger partial charge in [-0.25, -0.2) is 0 Å². The Labute approximate surface area is 97.3 Å². The van der Waals surface area contributed by atoms with Gasteiger partial charge in [0.2, 0.25) is 0 Å². The number of benzene rings is 1. The summed E-state index contributed by atoms with van der Waals surface area (Å²) in [4.78, 5) is 2.03. The van der Waals surface area contributed by atoms with E-state index in [2.05, 4.69) is 0 Å². The number of aliphatic hydroxyl groups is 1. The third-order valence-electron chi connectivity index (χ3n) is 3.05. The van der Waals surface area contributed by atoms with Gasteiger partial charge in [0.05, 0.1) is 5.60 Å². The Hall–Kier alpha value is -1.06. The molecule has 2 atom stereocenters. The maximum atomic E-state index is 10.5. The summed E-state index contributed by atoms with van der Waals surface area (Å²) in [6, 6.07) is 6.95. The van der Waals surface area contributed by atoms with Gasteiger partial charge in [-0.2, -0.15) is 0 Å². The van der Waals surface area contributed by atoms with Crippen LogP contribution in [0.15, 0.2) is 24.3 Å². The van der Waals surface area contributed by atoms with E-state index >= 15 is 0 Å². The van der Waals surface area contributed by atoms with Gasteiger partial charge >= 0.3 is 0 Å². The van der Waals surface area contributed by atoms with Crippen molar-refractivity contribution in [2.24, 2.45) is 5.92 Å². The van der Waals surface area contributed by atoms with Crippen molar-refractivity contribution in [3.63, 3.8) is 0 Å². The fourth-order valence-electron chi connectivity index (χ4n) is 1.89. The number of nitrogens with zero attached hydrogens (tertiary/aromatic N) is 1. The predicted molar refractivity (Wildman–Crippen MR) is 65.4 cm³/mol. The highest BCUT2D eigenvalue weighted by Crippen LogP contribution is 2.34. The van der Waals surface area contributed by atoms with E-state index in [1.165, 1.54) is 0 Å². The van der Waals surface area contributed by atoms with Crippen molar-refractivity contribution in [3.8, 4) is 5.75 Å². The zero-order valence-corrected chi connectivity index (χ0v) is 10.4. The summed E-state index contributed by atoms with van der Waals surface area (Å²) < 4.78 is 0. The molecule has 0 aliphatic heterocycles. The highest BCUT2D eigenvalue weighted by Gasteiger charge is 2.32. The second-order valence-corrected chi connectivity index (χ2v) is 4.83. The standard InChI is InChI=1S/C13H21NO2/c1-10(9-14(3)4)13(2,16)11-7-5-6-8-12(11)15/h5-8,10,15-16H,9H2,1-4H3. The Morgan fingerprint density at radius 2 is 1.88 bits per heavy atom. The fourth-order valence-corrected chi connectivity index (χ4v) is 1.89. The topological polar surface area (TPSA) is 43.7 Å². The van der Waals surface area contributed by atoms with Crippen molar-refractivity contribution >= 4 is 0 Å². The minimum atomic E-state index is -1.02. The smallest absolute Gasteiger partial charge is 0.121 e. The molecular weight excluding hydrogens is 202 g/mol. The Balaban J connectivity index is 2.97. The van der Waals surface area contributed by atoms with Crippen LogP contribution in [0, 0.1) is 5.92 Å². The molecule has 2 N–H and O–H groups in total. The van der Waals surface area contributed by atoms with Gasteiger partial charge < -0.3 is 15.1 Å². The van der Waals surface area contributed by atoms with Crippen LogP contribution in [0.5, 0.6) is 5.75 Å². The molecule has 0 saturated heterocycles. The summed E-state index contributed by atoms with van der Waals surface area (Å²) in [5.74, 6) is 0.189. The predicted octanol–water partition coefficient (Wildman–Crippen LogP) is 1.80. The molecule has 0 fully saturated rings. The van der Waals surface area contributed by atoms with Crippen molar-refractivity contribution < 1.29 is 10.2 Å². The molecule has 16 heavy (non-hydrogen) atoms. The lowest BCUT2D eigenvalue weighted by atomic mass is 9.83. The first-order chi connectivity index (χ1) is 7.35. The molecule has 0 aromatic heterocycles.